The summed E-state index contributed by atoms with van der Waals surface area (Å²) in [6.45, 7) is 3.71. The molecule has 0 unspecified atom stereocenters. The Morgan fingerprint density at radius 3 is 2.27 bits per heavy atom. The Morgan fingerprint density at radius 2 is 1.82 bits per heavy atom. The SMILES string of the molecule is CCOC(=O)/C(=C/c1cc(OC)c(OC)cc1[N+](=O)[O-])CC. The molecule has 0 aromatic heterocycles. The van der Waals surface area contributed by atoms with E-state index in [0.29, 0.717) is 17.7 Å². The first kappa shape index (κ1) is 17.5. The third-order valence-corrected chi connectivity index (χ3v) is 2.98. The monoisotopic (exact) mass is 309 g/mol. The summed E-state index contributed by atoms with van der Waals surface area (Å²) in [7, 11) is 2.83. The maximum absolute atomic E-state index is 11.8. The van der Waals surface area contributed by atoms with Gasteiger partial charge in [-0.05, 0) is 25.5 Å². The highest BCUT2D eigenvalue weighted by atomic mass is 16.6. The van der Waals surface area contributed by atoms with Crippen LogP contribution in [0, 0.1) is 10.1 Å². The summed E-state index contributed by atoms with van der Waals surface area (Å²) in [5.41, 5.74) is 0.428. The van der Waals surface area contributed by atoms with Gasteiger partial charge in [0.15, 0.2) is 11.5 Å². The normalized spacial score (nSPS) is 11.0. The van der Waals surface area contributed by atoms with Crippen molar-refractivity contribution in [3.05, 3.63) is 33.4 Å². The number of carbonyl (C=O) groups is 1. The maximum Gasteiger partial charge on any atom is 0.333 e. The number of hydrogen-bond donors (Lipinski definition) is 0. The molecule has 1 aromatic carbocycles. The van der Waals surface area contributed by atoms with Crippen LogP contribution in [0.5, 0.6) is 11.5 Å². The molecule has 1 aromatic rings. The molecule has 0 saturated heterocycles. The molecule has 0 radical (unpaired) electrons. The Balaban J connectivity index is 3.43. The molecule has 0 aliphatic carbocycles. The van der Waals surface area contributed by atoms with Gasteiger partial charge < -0.3 is 14.2 Å². The van der Waals surface area contributed by atoms with E-state index in [4.69, 9.17) is 14.2 Å². The smallest absolute Gasteiger partial charge is 0.333 e. The number of hydrogen-bond acceptors (Lipinski definition) is 6. The standard InChI is InChI=1S/C15H19NO6/c1-5-10(15(17)22-6-2)7-11-8-13(20-3)14(21-4)9-12(11)16(18)19/h7-9H,5-6H2,1-4H3/b10-7+. The van der Waals surface area contributed by atoms with Crippen molar-refractivity contribution in [1.29, 1.82) is 0 Å². The molecule has 0 atom stereocenters. The topological polar surface area (TPSA) is 87.9 Å². The van der Waals surface area contributed by atoms with Gasteiger partial charge in [-0.1, -0.05) is 6.92 Å². The zero-order chi connectivity index (χ0) is 16.7. The first-order valence-electron chi connectivity index (χ1n) is 6.76. The highest BCUT2D eigenvalue weighted by molar-refractivity contribution is 5.94. The summed E-state index contributed by atoms with van der Waals surface area (Å²) in [4.78, 5) is 22.5. The van der Waals surface area contributed by atoms with E-state index in [1.807, 2.05) is 0 Å². The second kappa shape index (κ2) is 8.02. The second-order valence-corrected chi connectivity index (χ2v) is 4.27. The van der Waals surface area contributed by atoms with Gasteiger partial charge in [0.2, 0.25) is 0 Å². The minimum atomic E-state index is -0.535. The molecule has 0 aliphatic rings. The van der Waals surface area contributed by atoms with Crippen LogP contribution in [0.1, 0.15) is 25.8 Å². The fourth-order valence-corrected chi connectivity index (χ4v) is 1.87. The minimum absolute atomic E-state index is 0.173. The van der Waals surface area contributed by atoms with Crippen LogP contribution in [-0.4, -0.2) is 31.7 Å². The van der Waals surface area contributed by atoms with Crippen LogP contribution in [0.25, 0.3) is 6.08 Å². The van der Waals surface area contributed by atoms with E-state index in [1.54, 1.807) is 13.8 Å². The van der Waals surface area contributed by atoms with E-state index in [1.165, 1.54) is 32.4 Å². The summed E-state index contributed by atoms with van der Waals surface area (Å²) in [6.07, 6.45) is 1.84. The van der Waals surface area contributed by atoms with Crippen LogP contribution in [0.3, 0.4) is 0 Å². The zero-order valence-corrected chi connectivity index (χ0v) is 13.0. The predicted octanol–water partition coefficient (Wildman–Crippen LogP) is 2.97. The fourth-order valence-electron chi connectivity index (χ4n) is 1.87. The molecular weight excluding hydrogens is 290 g/mol. The quantitative estimate of drug-likeness (QED) is 0.333. The van der Waals surface area contributed by atoms with Crippen LogP contribution in [0.4, 0.5) is 5.69 Å². The molecule has 120 valence electrons. The lowest BCUT2D eigenvalue weighted by atomic mass is 10.1. The van der Waals surface area contributed by atoms with Gasteiger partial charge in [0.25, 0.3) is 5.69 Å². The Bertz CT molecular complexity index is 594. The number of rotatable bonds is 7. The van der Waals surface area contributed by atoms with Gasteiger partial charge in [0.1, 0.15) is 0 Å². The summed E-state index contributed by atoms with van der Waals surface area (Å²) in [5, 5.41) is 11.2. The molecular formula is C15H19NO6. The minimum Gasteiger partial charge on any atom is -0.493 e. The van der Waals surface area contributed by atoms with E-state index < -0.39 is 10.9 Å². The molecule has 0 fully saturated rings. The fraction of sp³-hybridized carbons (Fsp3) is 0.400. The lowest BCUT2D eigenvalue weighted by Gasteiger charge is -2.10. The third kappa shape index (κ3) is 3.97. The van der Waals surface area contributed by atoms with E-state index >= 15 is 0 Å². The molecule has 0 amide bonds. The van der Waals surface area contributed by atoms with Crippen LogP contribution in [-0.2, 0) is 9.53 Å². The van der Waals surface area contributed by atoms with Crippen molar-refractivity contribution in [2.75, 3.05) is 20.8 Å². The number of nitro groups is 1. The van der Waals surface area contributed by atoms with Crippen molar-refractivity contribution in [2.45, 2.75) is 20.3 Å². The number of ether oxygens (including phenoxy) is 3. The molecule has 0 aliphatic heterocycles. The molecule has 0 N–H and O–H groups in total. The average molecular weight is 309 g/mol. The van der Waals surface area contributed by atoms with Crippen molar-refractivity contribution < 1.29 is 23.9 Å². The summed E-state index contributed by atoms with van der Waals surface area (Å²) in [6, 6.07) is 2.73. The van der Waals surface area contributed by atoms with Gasteiger partial charge in [-0.2, -0.15) is 0 Å². The van der Waals surface area contributed by atoms with Crippen LogP contribution in [0.15, 0.2) is 17.7 Å². The molecule has 0 saturated carbocycles. The van der Waals surface area contributed by atoms with E-state index in [-0.39, 0.29) is 23.6 Å². The summed E-state index contributed by atoms with van der Waals surface area (Å²) >= 11 is 0. The number of nitro benzene ring substituents is 1. The van der Waals surface area contributed by atoms with Gasteiger partial charge in [0, 0.05) is 5.57 Å². The van der Waals surface area contributed by atoms with Crippen molar-refractivity contribution in [1.82, 2.24) is 0 Å². The van der Waals surface area contributed by atoms with Crippen LogP contribution in [0.2, 0.25) is 0 Å². The number of benzene rings is 1. The Kier molecular flexibility index (Phi) is 6.37. The van der Waals surface area contributed by atoms with E-state index in [9.17, 15) is 14.9 Å². The number of carbonyl (C=O) groups excluding carboxylic acids is 1. The largest absolute Gasteiger partial charge is 0.493 e. The number of nitrogens with zero attached hydrogens (tertiary/aromatic N) is 1. The van der Waals surface area contributed by atoms with Crippen molar-refractivity contribution in [2.24, 2.45) is 0 Å². The van der Waals surface area contributed by atoms with Gasteiger partial charge in [-0.15, -0.1) is 0 Å². The lowest BCUT2D eigenvalue weighted by molar-refractivity contribution is -0.385. The molecule has 0 bridgehead atoms. The number of esters is 1. The van der Waals surface area contributed by atoms with Crippen LogP contribution >= 0.6 is 0 Å². The Labute approximate surface area is 128 Å². The molecule has 7 heteroatoms. The van der Waals surface area contributed by atoms with Crippen molar-refractivity contribution >= 4 is 17.7 Å². The molecule has 22 heavy (non-hydrogen) atoms. The van der Waals surface area contributed by atoms with Gasteiger partial charge in [0.05, 0.1) is 37.4 Å². The lowest BCUT2D eigenvalue weighted by Crippen LogP contribution is -2.07. The second-order valence-electron chi connectivity index (χ2n) is 4.27. The number of methoxy groups -OCH3 is 2. The van der Waals surface area contributed by atoms with E-state index in [2.05, 4.69) is 0 Å². The highest BCUT2D eigenvalue weighted by Gasteiger charge is 2.20. The van der Waals surface area contributed by atoms with E-state index in [0.717, 1.165) is 0 Å². The predicted molar refractivity (Wildman–Crippen MR) is 81.1 cm³/mol. The van der Waals surface area contributed by atoms with Crippen LogP contribution < -0.4 is 9.47 Å². The molecule has 0 heterocycles. The van der Waals surface area contributed by atoms with Gasteiger partial charge >= 0.3 is 5.97 Å². The van der Waals surface area contributed by atoms with Gasteiger partial charge in [-0.3, -0.25) is 10.1 Å². The summed E-state index contributed by atoms with van der Waals surface area (Å²) < 4.78 is 15.1. The maximum atomic E-state index is 11.8. The molecule has 0 spiro atoms. The zero-order valence-electron chi connectivity index (χ0n) is 13.0. The highest BCUT2D eigenvalue weighted by Crippen LogP contribution is 2.35. The third-order valence-electron chi connectivity index (χ3n) is 2.98. The first-order chi connectivity index (χ1) is 10.5. The van der Waals surface area contributed by atoms with Crippen molar-refractivity contribution in [3.63, 3.8) is 0 Å². The molecule has 1 rings (SSSR count). The molecule has 7 nitrogen and oxygen atoms in total. The Hall–Kier alpha value is -2.57. The Morgan fingerprint density at radius 1 is 1.23 bits per heavy atom. The first-order valence-corrected chi connectivity index (χ1v) is 6.76. The summed E-state index contributed by atoms with van der Waals surface area (Å²) in [5.74, 6) is 0.105. The average Bonchev–Trinajstić information content (AvgIpc) is 2.51. The van der Waals surface area contributed by atoms with Crippen molar-refractivity contribution in [3.8, 4) is 11.5 Å². The van der Waals surface area contributed by atoms with Gasteiger partial charge in [-0.25, -0.2) is 4.79 Å².